The van der Waals surface area contributed by atoms with E-state index in [1.54, 1.807) is 23.2 Å². The lowest BCUT2D eigenvalue weighted by molar-refractivity contribution is -0.160. The maximum Gasteiger partial charge on any atom is 0.519 e. The molecule has 0 radical (unpaired) electrons. The highest BCUT2D eigenvalue weighted by atomic mass is 16.6. The summed E-state index contributed by atoms with van der Waals surface area (Å²) in [6.45, 7) is 3.74. The highest BCUT2D eigenvalue weighted by Gasteiger charge is 2.26. The van der Waals surface area contributed by atoms with Gasteiger partial charge in [-0.15, -0.1) is 0 Å². The Bertz CT molecular complexity index is 905. The van der Waals surface area contributed by atoms with E-state index in [4.69, 9.17) is 18.7 Å². The first-order chi connectivity index (χ1) is 11.4. The largest absolute Gasteiger partial charge is 0.519 e. The zero-order chi connectivity index (χ0) is 17.4. The molecule has 1 aromatic heterocycles. The van der Waals surface area contributed by atoms with Gasteiger partial charge in [-0.05, 0) is 25.5 Å². The van der Waals surface area contributed by atoms with Gasteiger partial charge < -0.3 is 23.6 Å². The molecular weight excluding hydrogens is 318 g/mol. The van der Waals surface area contributed by atoms with Crippen molar-refractivity contribution in [2.75, 3.05) is 11.4 Å². The van der Waals surface area contributed by atoms with Gasteiger partial charge in [-0.1, -0.05) is 0 Å². The van der Waals surface area contributed by atoms with Gasteiger partial charge in [0.25, 0.3) is 0 Å². The van der Waals surface area contributed by atoms with Crippen LogP contribution in [-0.4, -0.2) is 29.7 Å². The van der Waals surface area contributed by atoms with E-state index in [0.29, 0.717) is 23.3 Å². The molecule has 1 unspecified atom stereocenters. The van der Waals surface area contributed by atoms with Crippen molar-refractivity contribution in [1.82, 2.24) is 0 Å². The lowest BCUT2D eigenvalue weighted by Gasteiger charge is -2.27. The van der Waals surface area contributed by atoms with Crippen LogP contribution in [0.1, 0.15) is 19.4 Å². The summed E-state index contributed by atoms with van der Waals surface area (Å²) in [5.74, 6) is -2.70. The molecule has 1 aromatic carbocycles. The summed E-state index contributed by atoms with van der Waals surface area (Å²) in [5.41, 5.74) is 2.49. The zero-order valence-electron chi connectivity index (χ0n) is 13.1. The topological polar surface area (TPSA) is 110 Å². The average molecular weight is 333 g/mol. The summed E-state index contributed by atoms with van der Waals surface area (Å²) >= 11 is 0. The second-order valence-corrected chi connectivity index (χ2v) is 5.38. The van der Waals surface area contributed by atoms with Crippen LogP contribution in [-0.2, 0) is 20.7 Å². The molecule has 0 spiro atoms. The van der Waals surface area contributed by atoms with Crippen molar-refractivity contribution in [3.63, 3.8) is 0 Å². The highest BCUT2D eigenvalue weighted by molar-refractivity contribution is 5.93. The fourth-order valence-corrected chi connectivity index (χ4v) is 2.54. The summed E-state index contributed by atoms with van der Waals surface area (Å²) in [4.78, 5) is 36.0. The van der Waals surface area contributed by atoms with Gasteiger partial charge in [-0.3, -0.25) is 0 Å². The van der Waals surface area contributed by atoms with Crippen LogP contribution in [0.15, 0.2) is 37.5 Å². The van der Waals surface area contributed by atoms with Gasteiger partial charge in [0.05, 0.1) is 5.57 Å². The standard InChI is InChI=1S/C16H15NO7/c1-3-17-7-10(15(20)22-8(2)14(18)19)4-9-5-12-13(6-11(9)17)24-16(21)23-12/h5-8H,3-4H2,1-2H3,(H,18,19). The van der Waals surface area contributed by atoms with Gasteiger partial charge in [0.15, 0.2) is 17.3 Å². The number of carboxylic acids is 1. The SMILES string of the molecule is CCN1C=C(C(=O)OC(C)C(=O)O)Cc2cc3oc(=O)oc3cc21. The predicted molar refractivity (Wildman–Crippen MR) is 82.7 cm³/mol. The molecule has 0 saturated heterocycles. The van der Waals surface area contributed by atoms with Crippen molar-refractivity contribution < 1.29 is 28.3 Å². The Morgan fingerprint density at radius 3 is 2.62 bits per heavy atom. The first-order valence-corrected chi connectivity index (χ1v) is 7.36. The molecule has 8 heteroatoms. The summed E-state index contributed by atoms with van der Waals surface area (Å²) < 4.78 is 14.8. The molecule has 1 aliphatic heterocycles. The smallest absolute Gasteiger partial charge is 0.479 e. The van der Waals surface area contributed by atoms with Crippen LogP contribution in [0, 0.1) is 0 Å². The van der Waals surface area contributed by atoms with Crippen molar-refractivity contribution in [3.05, 3.63) is 40.1 Å². The molecule has 0 saturated carbocycles. The maximum atomic E-state index is 12.2. The summed E-state index contributed by atoms with van der Waals surface area (Å²) in [7, 11) is 0. The molecule has 1 aliphatic rings. The molecule has 0 amide bonds. The average Bonchev–Trinajstić information content (AvgIpc) is 2.90. The Morgan fingerprint density at radius 1 is 1.33 bits per heavy atom. The molecule has 1 atom stereocenters. The number of carboxylic acid groups (broad SMARTS) is 1. The Labute approximate surface area is 135 Å². The van der Waals surface area contributed by atoms with Gasteiger partial charge in [-0.2, -0.15) is 0 Å². The van der Waals surface area contributed by atoms with Crippen molar-refractivity contribution in [2.45, 2.75) is 26.4 Å². The van der Waals surface area contributed by atoms with Crippen molar-refractivity contribution in [3.8, 4) is 0 Å². The Morgan fingerprint density at radius 2 is 2.00 bits per heavy atom. The number of anilines is 1. The number of carbonyl (C=O) groups excluding carboxylic acids is 1. The van der Waals surface area contributed by atoms with Crippen molar-refractivity contribution in [1.29, 1.82) is 0 Å². The second-order valence-electron chi connectivity index (χ2n) is 5.38. The van der Waals surface area contributed by atoms with E-state index in [2.05, 4.69) is 0 Å². The van der Waals surface area contributed by atoms with E-state index in [-0.39, 0.29) is 6.42 Å². The third-order valence-electron chi connectivity index (χ3n) is 3.77. The third kappa shape index (κ3) is 2.78. The molecule has 8 nitrogen and oxygen atoms in total. The van der Waals surface area contributed by atoms with Crippen LogP contribution < -0.4 is 10.7 Å². The number of benzene rings is 1. The minimum absolute atomic E-state index is 0.238. The van der Waals surface area contributed by atoms with E-state index in [1.807, 2.05) is 6.92 Å². The number of nitrogens with zero attached hydrogens (tertiary/aromatic N) is 1. The van der Waals surface area contributed by atoms with Crippen LogP contribution in [0.2, 0.25) is 0 Å². The summed E-state index contributed by atoms with van der Waals surface area (Å²) in [5, 5.41) is 8.85. The second kappa shape index (κ2) is 5.88. The number of carbonyl (C=O) groups is 2. The minimum atomic E-state index is -1.23. The lowest BCUT2D eigenvalue weighted by Crippen LogP contribution is -2.29. The number of aliphatic carboxylic acids is 1. The molecule has 24 heavy (non-hydrogen) atoms. The zero-order valence-corrected chi connectivity index (χ0v) is 13.1. The quantitative estimate of drug-likeness (QED) is 0.841. The molecule has 3 rings (SSSR count). The van der Waals surface area contributed by atoms with Gasteiger partial charge in [0.1, 0.15) is 0 Å². The number of hydrogen-bond donors (Lipinski definition) is 1. The van der Waals surface area contributed by atoms with Gasteiger partial charge >= 0.3 is 17.8 Å². The fourth-order valence-electron chi connectivity index (χ4n) is 2.54. The first kappa shape index (κ1) is 15.9. The third-order valence-corrected chi connectivity index (χ3v) is 3.77. The molecular formula is C16H15NO7. The fraction of sp³-hybridized carbons (Fsp3) is 0.312. The number of rotatable bonds is 4. The van der Waals surface area contributed by atoms with E-state index in [0.717, 1.165) is 11.3 Å². The van der Waals surface area contributed by atoms with Gasteiger partial charge in [0.2, 0.25) is 0 Å². The molecule has 126 valence electrons. The van der Waals surface area contributed by atoms with E-state index in [9.17, 15) is 14.4 Å². The normalized spacial score (nSPS) is 14.9. The Kier molecular flexibility index (Phi) is 3.88. The highest BCUT2D eigenvalue weighted by Crippen LogP contribution is 2.33. The number of esters is 1. The molecule has 0 aliphatic carbocycles. The lowest BCUT2D eigenvalue weighted by atomic mass is 9.99. The minimum Gasteiger partial charge on any atom is -0.479 e. The molecule has 2 aromatic rings. The molecule has 0 bridgehead atoms. The van der Waals surface area contributed by atoms with Crippen LogP contribution in [0.25, 0.3) is 11.2 Å². The van der Waals surface area contributed by atoms with Crippen molar-refractivity contribution >= 4 is 28.8 Å². The number of fused-ring (bicyclic) bond motifs is 2. The van der Waals surface area contributed by atoms with Crippen molar-refractivity contribution in [2.24, 2.45) is 0 Å². The van der Waals surface area contributed by atoms with E-state index in [1.165, 1.54) is 6.92 Å². The maximum absolute atomic E-state index is 12.2. The molecule has 2 heterocycles. The van der Waals surface area contributed by atoms with Crippen LogP contribution in [0.3, 0.4) is 0 Å². The summed E-state index contributed by atoms with van der Waals surface area (Å²) in [6.07, 6.45) is 0.620. The van der Waals surface area contributed by atoms with E-state index >= 15 is 0 Å². The molecule has 0 fully saturated rings. The van der Waals surface area contributed by atoms with Crippen LogP contribution in [0.5, 0.6) is 0 Å². The number of ether oxygens (including phenoxy) is 1. The predicted octanol–water partition coefficient (Wildman–Crippen LogP) is 1.67. The van der Waals surface area contributed by atoms with Gasteiger partial charge in [0, 0.05) is 30.9 Å². The number of hydrogen-bond acceptors (Lipinski definition) is 7. The monoisotopic (exact) mass is 333 g/mol. The van der Waals surface area contributed by atoms with Crippen LogP contribution in [0.4, 0.5) is 5.69 Å². The first-order valence-electron chi connectivity index (χ1n) is 7.36. The Hall–Kier alpha value is -3.03. The summed E-state index contributed by atoms with van der Waals surface area (Å²) in [6, 6.07) is 3.32. The van der Waals surface area contributed by atoms with Crippen LogP contribution >= 0.6 is 0 Å². The van der Waals surface area contributed by atoms with E-state index < -0.39 is 23.9 Å². The Balaban J connectivity index is 1.95. The molecule has 1 N–H and O–H groups in total. The van der Waals surface area contributed by atoms with Gasteiger partial charge in [-0.25, -0.2) is 14.4 Å².